The van der Waals surface area contributed by atoms with Crippen LogP contribution in [-0.2, 0) is 10.0 Å². The molecular weight excluding hydrogens is 298 g/mol. The van der Waals surface area contributed by atoms with Crippen LogP contribution in [0.15, 0.2) is 17.0 Å². The van der Waals surface area contributed by atoms with E-state index in [1.165, 1.54) is 14.0 Å². The fourth-order valence-corrected chi connectivity index (χ4v) is 3.09. The molecule has 1 aromatic carbocycles. The van der Waals surface area contributed by atoms with E-state index in [0.717, 1.165) is 10.4 Å². The molecule has 0 aliphatic carbocycles. The second-order valence-corrected chi connectivity index (χ2v) is 7.57. The Morgan fingerprint density at radius 3 is 2.33 bits per heavy atom. The molecule has 1 aromatic rings. The van der Waals surface area contributed by atoms with Crippen molar-refractivity contribution >= 4 is 10.0 Å². The number of nitrogens with zero attached hydrogens (tertiary/aromatic N) is 1. The Kier molecular flexibility index (Phi) is 5.83. The van der Waals surface area contributed by atoms with Gasteiger partial charge in [-0.15, -0.1) is 0 Å². The van der Waals surface area contributed by atoms with Gasteiger partial charge < -0.3 is 5.73 Å². The van der Waals surface area contributed by atoms with Crippen molar-refractivity contribution in [3.63, 3.8) is 0 Å². The monoisotopic (exact) mass is 320 g/mol. The number of rotatable bonds is 6. The highest BCUT2D eigenvalue weighted by atomic mass is 32.2. The smallest absolute Gasteiger partial charge is 0.245 e. The number of sulfonamides is 1. The summed E-state index contributed by atoms with van der Waals surface area (Å²) in [5.41, 5.74) is 5.96. The van der Waals surface area contributed by atoms with Crippen molar-refractivity contribution in [2.24, 2.45) is 11.7 Å². The average molecular weight is 320 g/mol. The number of hydrogen-bond donors (Lipinski definition) is 1. The summed E-state index contributed by atoms with van der Waals surface area (Å²) >= 11 is 0. The zero-order valence-electron chi connectivity index (χ0n) is 12.7. The summed E-state index contributed by atoms with van der Waals surface area (Å²) in [5, 5.41) is 0. The van der Waals surface area contributed by atoms with Gasteiger partial charge in [0.1, 0.15) is 16.5 Å². The Hall–Kier alpha value is -1.05. The molecule has 1 atom stereocenters. The largest absolute Gasteiger partial charge is 0.327 e. The molecule has 21 heavy (non-hydrogen) atoms. The molecular formula is C14H22F2N2O2S. The minimum atomic E-state index is -3.99. The van der Waals surface area contributed by atoms with Gasteiger partial charge >= 0.3 is 0 Å². The van der Waals surface area contributed by atoms with Crippen molar-refractivity contribution in [1.82, 2.24) is 4.31 Å². The van der Waals surface area contributed by atoms with Crippen molar-refractivity contribution in [3.8, 4) is 0 Å². The van der Waals surface area contributed by atoms with E-state index in [9.17, 15) is 17.2 Å². The Morgan fingerprint density at radius 2 is 1.81 bits per heavy atom. The van der Waals surface area contributed by atoms with Gasteiger partial charge in [0.25, 0.3) is 0 Å². The normalized spacial score (nSPS) is 14.0. The predicted octanol–water partition coefficient (Wildman–Crippen LogP) is 2.27. The van der Waals surface area contributed by atoms with Gasteiger partial charge in [-0.25, -0.2) is 21.5 Å². The Bertz CT molecular complexity index is 603. The van der Waals surface area contributed by atoms with E-state index >= 15 is 0 Å². The summed E-state index contributed by atoms with van der Waals surface area (Å²) < 4.78 is 52.7. The number of halogens is 2. The molecule has 0 fully saturated rings. The molecule has 0 bridgehead atoms. The highest BCUT2D eigenvalue weighted by molar-refractivity contribution is 7.89. The van der Waals surface area contributed by atoms with Crippen LogP contribution >= 0.6 is 0 Å². The first-order valence-electron chi connectivity index (χ1n) is 6.75. The number of nitrogens with two attached hydrogens (primary N) is 1. The number of hydrogen-bond acceptors (Lipinski definition) is 3. The lowest BCUT2D eigenvalue weighted by Crippen LogP contribution is -2.35. The van der Waals surface area contributed by atoms with Gasteiger partial charge in [0.2, 0.25) is 10.0 Å². The molecule has 2 N–H and O–H groups in total. The second kappa shape index (κ2) is 6.81. The summed E-state index contributed by atoms with van der Waals surface area (Å²) in [5.74, 6) is -1.63. The van der Waals surface area contributed by atoms with Crippen molar-refractivity contribution in [2.45, 2.75) is 38.1 Å². The molecule has 1 unspecified atom stereocenters. The van der Waals surface area contributed by atoms with Gasteiger partial charge in [-0.05, 0) is 30.9 Å². The topological polar surface area (TPSA) is 63.4 Å². The predicted molar refractivity (Wildman–Crippen MR) is 78.3 cm³/mol. The summed E-state index contributed by atoms with van der Waals surface area (Å²) in [6, 6.07) is 1.47. The van der Waals surface area contributed by atoms with E-state index in [1.807, 2.05) is 13.8 Å². The van der Waals surface area contributed by atoms with Crippen LogP contribution in [0.5, 0.6) is 0 Å². The molecule has 0 saturated carbocycles. The fraction of sp³-hybridized carbons (Fsp3) is 0.571. The summed E-state index contributed by atoms with van der Waals surface area (Å²) in [6.45, 7) is 5.46. The maximum atomic E-state index is 13.7. The first-order valence-corrected chi connectivity index (χ1v) is 8.19. The third kappa shape index (κ3) is 4.21. The number of benzene rings is 1. The first-order chi connectivity index (χ1) is 9.57. The van der Waals surface area contributed by atoms with E-state index in [-0.39, 0.29) is 24.1 Å². The van der Waals surface area contributed by atoms with Crippen LogP contribution < -0.4 is 5.73 Å². The molecule has 0 heterocycles. The third-order valence-corrected chi connectivity index (χ3v) is 5.41. The molecule has 0 saturated heterocycles. The van der Waals surface area contributed by atoms with E-state index in [1.54, 1.807) is 0 Å². The molecule has 0 amide bonds. The number of aryl methyl sites for hydroxylation is 1. The van der Waals surface area contributed by atoms with Gasteiger partial charge in [-0.2, -0.15) is 0 Å². The Morgan fingerprint density at radius 1 is 1.24 bits per heavy atom. The average Bonchev–Trinajstić information content (AvgIpc) is 2.39. The summed E-state index contributed by atoms with van der Waals surface area (Å²) in [6.07, 6.45) is 0.467. The van der Waals surface area contributed by atoms with Crippen LogP contribution in [0.25, 0.3) is 0 Å². The maximum Gasteiger partial charge on any atom is 0.245 e. The summed E-state index contributed by atoms with van der Waals surface area (Å²) in [4.78, 5) is -0.512. The van der Waals surface area contributed by atoms with Gasteiger partial charge in [0.05, 0.1) is 0 Å². The highest BCUT2D eigenvalue weighted by Crippen LogP contribution is 2.22. The second-order valence-electron chi connectivity index (χ2n) is 5.55. The Labute approximate surface area is 125 Å². The first kappa shape index (κ1) is 18.0. The summed E-state index contributed by atoms with van der Waals surface area (Å²) in [7, 11) is -2.63. The molecule has 4 nitrogen and oxygen atoms in total. The van der Waals surface area contributed by atoms with E-state index in [0.29, 0.717) is 12.5 Å². The van der Waals surface area contributed by atoms with Crippen molar-refractivity contribution < 1.29 is 17.2 Å². The van der Waals surface area contributed by atoms with Gasteiger partial charge in [-0.1, -0.05) is 13.8 Å². The highest BCUT2D eigenvalue weighted by Gasteiger charge is 2.26. The van der Waals surface area contributed by atoms with E-state index < -0.39 is 26.6 Å². The molecule has 0 aliphatic heterocycles. The Balaban J connectivity index is 2.98. The molecule has 0 radical (unpaired) electrons. The van der Waals surface area contributed by atoms with Crippen molar-refractivity contribution in [3.05, 3.63) is 29.3 Å². The van der Waals surface area contributed by atoms with Gasteiger partial charge in [0, 0.05) is 25.7 Å². The lowest BCUT2D eigenvalue weighted by atomic mass is 10.0. The SMILES string of the molecule is Cc1cc(S(=O)(=O)N(C)CCC(N)C(C)C)c(F)cc1F. The minimum absolute atomic E-state index is 0.0854. The van der Waals surface area contributed by atoms with Crippen LogP contribution in [0.4, 0.5) is 8.78 Å². The standard InChI is InChI=1S/C14H22F2N2O2S/c1-9(2)13(17)5-6-18(4)21(19,20)14-7-10(3)11(15)8-12(14)16/h7-9,13H,5-6,17H2,1-4H3. The zero-order valence-corrected chi connectivity index (χ0v) is 13.5. The molecule has 0 aromatic heterocycles. The van der Waals surface area contributed by atoms with E-state index in [2.05, 4.69) is 0 Å². The van der Waals surface area contributed by atoms with Crippen molar-refractivity contribution in [2.75, 3.05) is 13.6 Å². The van der Waals surface area contributed by atoms with Crippen molar-refractivity contribution in [1.29, 1.82) is 0 Å². The lowest BCUT2D eigenvalue weighted by Gasteiger charge is -2.21. The fourth-order valence-electron chi connectivity index (χ4n) is 1.78. The molecule has 0 aliphatic rings. The van der Waals surface area contributed by atoms with Gasteiger partial charge in [-0.3, -0.25) is 0 Å². The minimum Gasteiger partial charge on any atom is -0.327 e. The quantitative estimate of drug-likeness (QED) is 0.874. The lowest BCUT2D eigenvalue weighted by molar-refractivity contribution is 0.395. The molecule has 7 heteroatoms. The van der Waals surface area contributed by atoms with E-state index in [4.69, 9.17) is 5.73 Å². The van der Waals surface area contributed by atoms with Crippen LogP contribution in [0.2, 0.25) is 0 Å². The van der Waals surface area contributed by atoms with Crippen LogP contribution in [-0.4, -0.2) is 32.4 Å². The van der Waals surface area contributed by atoms with Gasteiger partial charge in [0.15, 0.2) is 0 Å². The van der Waals surface area contributed by atoms with Crippen LogP contribution in [0.3, 0.4) is 0 Å². The molecule has 0 spiro atoms. The third-order valence-electron chi connectivity index (χ3n) is 3.54. The van der Waals surface area contributed by atoms with Crippen LogP contribution in [0, 0.1) is 24.5 Å². The van der Waals surface area contributed by atoms with Crippen LogP contribution in [0.1, 0.15) is 25.8 Å². The maximum absolute atomic E-state index is 13.7. The zero-order chi connectivity index (χ0) is 16.4. The molecule has 120 valence electrons. The molecule has 1 rings (SSSR count).